The molecular weight excluding hydrogens is 252 g/mol. The number of nitrogens with one attached hydrogen (secondary N) is 1. The van der Waals surface area contributed by atoms with Crippen molar-refractivity contribution < 1.29 is 9.53 Å². The second-order valence-electron chi connectivity index (χ2n) is 5.72. The van der Waals surface area contributed by atoms with Crippen molar-refractivity contribution in [3.05, 3.63) is 29.8 Å². The maximum atomic E-state index is 11.2. The number of carbonyl (C=O) groups is 1. The normalized spacial score (nSPS) is 21.9. The maximum Gasteiger partial charge on any atom is 0.246 e. The molecule has 0 aromatic heterocycles. The Morgan fingerprint density at radius 1 is 1.30 bits per heavy atom. The zero-order valence-corrected chi connectivity index (χ0v) is 12.0. The first-order chi connectivity index (χ1) is 9.72. The predicted molar refractivity (Wildman–Crippen MR) is 79.0 cm³/mol. The highest BCUT2D eigenvalue weighted by Gasteiger charge is 2.39. The van der Waals surface area contributed by atoms with Crippen LogP contribution < -0.4 is 10.2 Å². The van der Waals surface area contributed by atoms with Gasteiger partial charge in [0.15, 0.2) is 0 Å². The van der Waals surface area contributed by atoms with Gasteiger partial charge in [0.25, 0.3) is 0 Å². The van der Waals surface area contributed by atoms with Crippen LogP contribution in [0.1, 0.15) is 25.3 Å². The van der Waals surface area contributed by atoms with Gasteiger partial charge in [-0.1, -0.05) is 25.1 Å². The van der Waals surface area contributed by atoms with E-state index in [0.29, 0.717) is 6.54 Å². The quantitative estimate of drug-likeness (QED) is 0.893. The Morgan fingerprint density at radius 3 is 2.70 bits per heavy atom. The number of para-hydroxylation sites is 1. The number of amides is 1. The molecule has 1 N–H and O–H groups in total. The van der Waals surface area contributed by atoms with Crippen molar-refractivity contribution in [3.63, 3.8) is 0 Å². The van der Waals surface area contributed by atoms with Crippen LogP contribution in [0.25, 0.3) is 0 Å². The van der Waals surface area contributed by atoms with Crippen LogP contribution in [0, 0.1) is 0 Å². The summed E-state index contributed by atoms with van der Waals surface area (Å²) in [5.41, 5.74) is 2.62. The Balaban J connectivity index is 1.68. The Kier molecular flexibility index (Phi) is 3.66. The summed E-state index contributed by atoms with van der Waals surface area (Å²) >= 11 is 0. The molecule has 1 aromatic carbocycles. The predicted octanol–water partition coefficient (Wildman–Crippen LogP) is 1.73. The second kappa shape index (κ2) is 5.44. The molecule has 1 aromatic rings. The molecule has 0 aliphatic carbocycles. The lowest BCUT2D eigenvalue weighted by Crippen LogP contribution is -2.57. The summed E-state index contributed by atoms with van der Waals surface area (Å²) in [5.74, 6) is 0.00869. The molecule has 4 nitrogen and oxygen atoms in total. The topological polar surface area (TPSA) is 41.6 Å². The fourth-order valence-electron chi connectivity index (χ4n) is 3.17. The minimum Gasteiger partial charge on any atom is -0.371 e. The zero-order valence-electron chi connectivity index (χ0n) is 12.0. The summed E-state index contributed by atoms with van der Waals surface area (Å²) in [7, 11) is 0. The molecule has 0 bridgehead atoms. The van der Waals surface area contributed by atoms with Gasteiger partial charge in [0.05, 0.1) is 5.60 Å². The molecule has 2 fully saturated rings. The summed E-state index contributed by atoms with van der Waals surface area (Å²) in [4.78, 5) is 13.7. The minimum absolute atomic E-state index is 0.00869. The number of nitrogens with zero attached hydrogens (tertiary/aromatic N) is 1. The second-order valence-corrected chi connectivity index (χ2v) is 5.72. The van der Waals surface area contributed by atoms with E-state index >= 15 is 0 Å². The van der Waals surface area contributed by atoms with Crippen molar-refractivity contribution in [3.8, 4) is 0 Å². The van der Waals surface area contributed by atoms with Gasteiger partial charge in [0.1, 0.15) is 6.61 Å². The lowest BCUT2D eigenvalue weighted by Gasteiger charge is -2.44. The van der Waals surface area contributed by atoms with Gasteiger partial charge in [-0.3, -0.25) is 4.79 Å². The number of hydrogen-bond donors (Lipinski definition) is 1. The summed E-state index contributed by atoms with van der Waals surface area (Å²) in [5, 5.41) is 2.94. The van der Waals surface area contributed by atoms with Crippen LogP contribution in [0.2, 0.25) is 0 Å². The number of anilines is 1. The SMILES string of the molecule is CCc1ccccc1N1CCC2(CC1)CNC(=O)CO2. The summed E-state index contributed by atoms with van der Waals surface area (Å²) in [6.45, 7) is 5.06. The number of piperidine rings is 1. The molecule has 2 saturated heterocycles. The van der Waals surface area contributed by atoms with Gasteiger partial charge in [0, 0.05) is 25.3 Å². The highest BCUT2D eigenvalue weighted by molar-refractivity contribution is 5.78. The number of morpholine rings is 1. The number of rotatable bonds is 2. The van der Waals surface area contributed by atoms with Crippen molar-refractivity contribution in [2.75, 3.05) is 31.1 Å². The third kappa shape index (κ3) is 2.52. The Bertz CT molecular complexity index is 481. The first kappa shape index (κ1) is 13.4. The van der Waals surface area contributed by atoms with Gasteiger partial charge in [0.2, 0.25) is 5.91 Å². The standard InChI is InChI=1S/C16H22N2O2/c1-2-13-5-3-4-6-14(13)18-9-7-16(8-10-18)12-17-15(19)11-20-16/h3-6H,2,7-12H2,1H3,(H,17,19). The summed E-state index contributed by atoms with van der Waals surface area (Å²) < 4.78 is 5.82. The fraction of sp³-hybridized carbons (Fsp3) is 0.562. The fourth-order valence-corrected chi connectivity index (χ4v) is 3.17. The molecule has 0 saturated carbocycles. The number of ether oxygens (including phenoxy) is 1. The van der Waals surface area contributed by atoms with E-state index in [-0.39, 0.29) is 18.1 Å². The minimum atomic E-state index is -0.133. The molecule has 3 rings (SSSR count). The van der Waals surface area contributed by atoms with Gasteiger partial charge in [-0.25, -0.2) is 0 Å². The molecule has 2 aliphatic rings. The molecule has 1 spiro atoms. The lowest BCUT2D eigenvalue weighted by molar-refractivity contribution is -0.146. The van der Waals surface area contributed by atoms with E-state index in [1.54, 1.807) is 0 Å². The Hall–Kier alpha value is -1.55. The molecule has 108 valence electrons. The van der Waals surface area contributed by atoms with Crippen LogP contribution in [-0.4, -0.2) is 37.7 Å². The van der Waals surface area contributed by atoms with E-state index in [1.165, 1.54) is 11.3 Å². The maximum absolute atomic E-state index is 11.2. The average Bonchev–Trinajstić information content (AvgIpc) is 2.51. The first-order valence-corrected chi connectivity index (χ1v) is 7.46. The number of carbonyl (C=O) groups excluding carboxylic acids is 1. The van der Waals surface area contributed by atoms with E-state index in [4.69, 9.17) is 4.74 Å². The van der Waals surface area contributed by atoms with Gasteiger partial charge < -0.3 is 15.0 Å². The number of hydrogen-bond acceptors (Lipinski definition) is 3. The summed E-state index contributed by atoms with van der Waals surface area (Å²) in [6, 6.07) is 8.63. The number of benzene rings is 1. The van der Waals surface area contributed by atoms with Gasteiger partial charge in [-0.2, -0.15) is 0 Å². The highest BCUT2D eigenvalue weighted by Crippen LogP contribution is 2.31. The first-order valence-electron chi connectivity index (χ1n) is 7.46. The van der Waals surface area contributed by atoms with E-state index in [1.807, 2.05) is 0 Å². The Labute approximate surface area is 120 Å². The summed E-state index contributed by atoms with van der Waals surface area (Å²) in [6.07, 6.45) is 3.01. The van der Waals surface area contributed by atoms with Crippen molar-refractivity contribution in [1.29, 1.82) is 0 Å². The molecule has 2 aliphatic heterocycles. The zero-order chi connectivity index (χ0) is 14.0. The van der Waals surface area contributed by atoms with Crippen LogP contribution in [0.15, 0.2) is 24.3 Å². The molecule has 0 atom stereocenters. The van der Waals surface area contributed by atoms with E-state index in [9.17, 15) is 4.79 Å². The molecule has 2 heterocycles. The molecular formula is C16H22N2O2. The van der Waals surface area contributed by atoms with Crippen LogP contribution in [-0.2, 0) is 16.0 Å². The van der Waals surface area contributed by atoms with Gasteiger partial charge in [-0.05, 0) is 30.9 Å². The van der Waals surface area contributed by atoms with Crippen molar-refractivity contribution >= 4 is 11.6 Å². The van der Waals surface area contributed by atoms with Crippen molar-refractivity contribution in [1.82, 2.24) is 5.32 Å². The van der Waals surface area contributed by atoms with Crippen LogP contribution >= 0.6 is 0 Å². The molecule has 0 unspecified atom stereocenters. The molecule has 0 radical (unpaired) electrons. The van der Waals surface area contributed by atoms with E-state index < -0.39 is 0 Å². The third-order valence-electron chi connectivity index (χ3n) is 4.51. The van der Waals surface area contributed by atoms with Crippen LogP contribution in [0.5, 0.6) is 0 Å². The van der Waals surface area contributed by atoms with Gasteiger partial charge >= 0.3 is 0 Å². The van der Waals surface area contributed by atoms with E-state index in [0.717, 1.165) is 32.4 Å². The molecule has 4 heteroatoms. The van der Waals surface area contributed by atoms with Crippen LogP contribution in [0.3, 0.4) is 0 Å². The number of aryl methyl sites for hydroxylation is 1. The van der Waals surface area contributed by atoms with Gasteiger partial charge in [-0.15, -0.1) is 0 Å². The molecule has 20 heavy (non-hydrogen) atoms. The average molecular weight is 274 g/mol. The Morgan fingerprint density at radius 2 is 2.05 bits per heavy atom. The van der Waals surface area contributed by atoms with E-state index in [2.05, 4.69) is 41.4 Å². The van der Waals surface area contributed by atoms with Crippen LogP contribution in [0.4, 0.5) is 5.69 Å². The monoisotopic (exact) mass is 274 g/mol. The lowest BCUT2D eigenvalue weighted by atomic mass is 9.89. The van der Waals surface area contributed by atoms with Crippen molar-refractivity contribution in [2.24, 2.45) is 0 Å². The van der Waals surface area contributed by atoms with Crippen molar-refractivity contribution in [2.45, 2.75) is 31.8 Å². The smallest absolute Gasteiger partial charge is 0.246 e. The third-order valence-corrected chi connectivity index (χ3v) is 4.51. The highest BCUT2D eigenvalue weighted by atomic mass is 16.5. The molecule has 1 amide bonds. The largest absolute Gasteiger partial charge is 0.371 e.